The fraction of sp³-hybridized carbons (Fsp3) is 0.250. The van der Waals surface area contributed by atoms with Crippen LogP contribution in [0.25, 0.3) is 0 Å². The van der Waals surface area contributed by atoms with E-state index in [9.17, 15) is 4.79 Å². The number of nitrogen functional groups attached to an aromatic ring is 1. The molecule has 0 spiro atoms. The maximum absolute atomic E-state index is 11.8. The Kier molecular flexibility index (Phi) is 6.13. The summed E-state index contributed by atoms with van der Waals surface area (Å²) in [6.07, 6.45) is 1.63. The van der Waals surface area contributed by atoms with Crippen LogP contribution in [0.4, 0.5) is 5.69 Å². The van der Waals surface area contributed by atoms with Crippen molar-refractivity contribution in [1.29, 1.82) is 0 Å². The van der Waals surface area contributed by atoms with Gasteiger partial charge in [-0.2, -0.15) is 0 Å². The minimum absolute atomic E-state index is 0. The van der Waals surface area contributed by atoms with Crippen molar-refractivity contribution in [2.45, 2.75) is 0 Å². The van der Waals surface area contributed by atoms with Gasteiger partial charge in [-0.1, -0.05) is 12.7 Å². The first-order valence-corrected chi connectivity index (χ1v) is 4.91. The van der Waals surface area contributed by atoms with Crippen LogP contribution in [-0.2, 0) is 0 Å². The molecule has 0 saturated heterocycles. The molecule has 0 unspecified atom stereocenters. The van der Waals surface area contributed by atoms with E-state index in [0.717, 1.165) is 0 Å². The molecule has 0 aliphatic rings. The summed E-state index contributed by atoms with van der Waals surface area (Å²) in [5.41, 5.74) is 6.65. The van der Waals surface area contributed by atoms with E-state index >= 15 is 0 Å². The van der Waals surface area contributed by atoms with Crippen LogP contribution >= 0.6 is 12.4 Å². The quantitative estimate of drug-likeness (QED) is 0.662. The largest absolute Gasteiger partial charge is 0.489 e. The molecule has 1 aromatic rings. The number of benzene rings is 1. The van der Waals surface area contributed by atoms with E-state index in [-0.39, 0.29) is 18.3 Å². The lowest BCUT2D eigenvalue weighted by Gasteiger charge is -2.14. The lowest BCUT2D eigenvalue weighted by molar-refractivity contribution is 0.0824. The Balaban J connectivity index is 0.00000256. The van der Waals surface area contributed by atoms with Gasteiger partial charge in [0.15, 0.2) is 0 Å². The average Bonchev–Trinajstić information content (AvgIpc) is 2.26. The lowest BCUT2D eigenvalue weighted by atomic mass is 10.1. The third kappa shape index (κ3) is 4.00. The Morgan fingerprint density at radius 3 is 2.71 bits per heavy atom. The zero-order valence-electron chi connectivity index (χ0n) is 9.97. The van der Waals surface area contributed by atoms with Crippen LogP contribution in [0.1, 0.15) is 10.4 Å². The molecule has 0 radical (unpaired) electrons. The van der Waals surface area contributed by atoms with Crippen molar-refractivity contribution in [2.75, 3.05) is 26.4 Å². The molecule has 0 aromatic heterocycles. The zero-order valence-corrected chi connectivity index (χ0v) is 10.8. The molecule has 0 heterocycles. The predicted octanol–water partition coefficient (Wildman–Crippen LogP) is 1.96. The van der Waals surface area contributed by atoms with Gasteiger partial charge in [0.25, 0.3) is 5.91 Å². The number of amides is 1. The van der Waals surface area contributed by atoms with Crippen LogP contribution in [0.15, 0.2) is 30.9 Å². The minimum atomic E-state index is -0.133. The van der Waals surface area contributed by atoms with E-state index in [1.807, 2.05) is 0 Å². The molecule has 0 aliphatic carbocycles. The fourth-order valence-corrected chi connectivity index (χ4v) is 1.23. The lowest BCUT2D eigenvalue weighted by Crippen LogP contribution is -2.22. The van der Waals surface area contributed by atoms with E-state index < -0.39 is 0 Å². The summed E-state index contributed by atoms with van der Waals surface area (Å²) in [7, 11) is 3.37. The first-order chi connectivity index (χ1) is 7.56. The smallest absolute Gasteiger partial charge is 0.257 e. The number of carbonyl (C=O) groups excluding carboxylic acids is 1. The molecular formula is C12H17ClN2O2. The Hall–Kier alpha value is -1.68. The van der Waals surface area contributed by atoms with Crippen LogP contribution in [-0.4, -0.2) is 31.5 Å². The van der Waals surface area contributed by atoms with Gasteiger partial charge in [0, 0.05) is 19.8 Å². The van der Waals surface area contributed by atoms with Gasteiger partial charge in [0.1, 0.15) is 12.4 Å². The molecule has 4 nitrogen and oxygen atoms in total. The molecule has 94 valence electrons. The highest BCUT2D eigenvalue weighted by Gasteiger charge is 2.14. The van der Waals surface area contributed by atoms with E-state index in [2.05, 4.69) is 6.58 Å². The van der Waals surface area contributed by atoms with Gasteiger partial charge in [-0.05, 0) is 18.2 Å². The Morgan fingerprint density at radius 1 is 1.53 bits per heavy atom. The maximum Gasteiger partial charge on any atom is 0.257 e. The summed E-state index contributed by atoms with van der Waals surface area (Å²) in [5, 5.41) is 0. The van der Waals surface area contributed by atoms with E-state index in [1.165, 1.54) is 4.90 Å². The Morgan fingerprint density at radius 2 is 2.18 bits per heavy atom. The van der Waals surface area contributed by atoms with Gasteiger partial charge < -0.3 is 15.4 Å². The number of carbonyl (C=O) groups is 1. The third-order valence-corrected chi connectivity index (χ3v) is 2.00. The van der Waals surface area contributed by atoms with Gasteiger partial charge in [0.05, 0.1) is 5.56 Å². The molecule has 0 atom stereocenters. The molecular weight excluding hydrogens is 240 g/mol. The van der Waals surface area contributed by atoms with E-state index in [0.29, 0.717) is 23.6 Å². The van der Waals surface area contributed by atoms with Crippen LogP contribution < -0.4 is 10.5 Å². The molecule has 0 bridgehead atoms. The van der Waals surface area contributed by atoms with Gasteiger partial charge in [-0.25, -0.2) is 0 Å². The van der Waals surface area contributed by atoms with Crippen molar-refractivity contribution in [2.24, 2.45) is 0 Å². The van der Waals surface area contributed by atoms with Crippen molar-refractivity contribution in [1.82, 2.24) is 4.90 Å². The molecule has 1 aromatic carbocycles. The summed E-state index contributed by atoms with van der Waals surface area (Å²) in [4.78, 5) is 13.3. The average molecular weight is 257 g/mol. The first kappa shape index (κ1) is 15.3. The number of nitrogens with two attached hydrogens (primary N) is 1. The van der Waals surface area contributed by atoms with Crippen molar-refractivity contribution >= 4 is 24.0 Å². The Bertz CT molecular complexity index is 405. The van der Waals surface area contributed by atoms with Crippen LogP contribution in [0, 0.1) is 0 Å². The molecule has 5 heteroatoms. The molecule has 2 N–H and O–H groups in total. The summed E-state index contributed by atoms with van der Waals surface area (Å²) in [5.74, 6) is 0.388. The summed E-state index contributed by atoms with van der Waals surface area (Å²) in [6, 6.07) is 5.00. The number of ether oxygens (including phenoxy) is 1. The Labute approximate surface area is 107 Å². The molecule has 0 aliphatic heterocycles. The van der Waals surface area contributed by atoms with Crippen LogP contribution in [0.2, 0.25) is 0 Å². The molecule has 1 amide bonds. The van der Waals surface area contributed by atoms with Crippen molar-refractivity contribution in [3.8, 4) is 5.75 Å². The van der Waals surface area contributed by atoms with E-state index in [4.69, 9.17) is 10.5 Å². The number of hydrogen-bond donors (Lipinski definition) is 1. The zero-order chi connectivity index (χ0) is 12.1. The standard InChI is InChI=1S/C12H16N2O2.ClH/c1-4-7-16-11-6-5-9(13)8-10(11)12(15)14(2)3;/h4-6,8H,1,7,13H2,2-3H3;1H. The SMILES string of the molecule is C=CCOc1ccc(N)cc1C(=O)N(C)C.Cl. The van der Waals surface area contributed by atoms with Gasteiger partial charge in [-0.3, -0.25) is 4.79 Å². The number of rotatable bonds is 4. The van der Waals surface area contributed by atoms with Crippen LogP contribution in [0.3, 0.4) is 0 Å². The second-order valence-corrected chi connectivity index (χ2v) is 3.55. The second kappa shape index (κ2) is 6.81. The highest BCUT2D eigenvalue weighted by molar-refractivity contribution is 5.97. The van der Waals surface area contributed by atoms with Crippen LogP contribution in [0.5, 0.6) is 5.75 Å². The summed E-state index contributed by atoms with van der Waals surface area (Å²) in [6.45, 7) is 3.92. The normalized spacial score (nSPS) is 9.06. The highest BCUT2D eigenvalue weighted by atomic mass is 35.5. The maximum atomic E-state index is 11.8. The van der Waals surface area contributed by atoms with Crippen molar-refractivity contribution < 1.29 is 9.53 Å². The second-order valence-electron chi connectivity index (χ2n) is 3.55. The number of anilines is 1. The monoisotopic (exact) mass is 256 g/mol. The molecule has 1 rings (SSSR count). The third-order valence-electron chi connectivity index (χ3n) is 2.00. The van der Waals surface area contributed by atoms with Gasteiger partial charge in [0.2, 0.25) is 0 Å². The molecule has 0 saturated carbocycles. The minimum Gasteiger partial charge on any atom is -0.489 e. The van der Waals surface area contributed by atoms with Gasteiger partial charge in [-0.15, -0.1) is 12.4 Å². The highest BCUT2D eigenvalue weighted by Crippen LogP contribution is 2.22. The number of hydrogen-bond acceptors (Lipinski definition) is 3. The summed E-state index contributed by atoms with van der Waals surface area (Å²) >= 11 is 0. The first-order valence-electron chi connectivity index (χ1n) is 4.91. The fourth-order valence-electron chi connectivity index (χ4n) is 1.23. The number of halogens is 1. The van der Waals surface area contributed by atoms with Crippen molar-refractivity contribution in [3.05, 3.63) is 36.4 Å². The van der Waals surface area contributed by atoms with Gasteiger partial charge >= 0.3 is 0 Å². The van der Waals surface area contributed by atoms with Crippen molar-refractivity contribution in [3.63, 3.8) is 0 Å². The molecule has 17 heavy (non-hydrogen) atoms. The molecule has 0 fully saturated rings. The van der Waals surface area contributed by atoms with E-state index in [1.54, 1.807) is 38.4 Å². The predicted molar refractivity (Wildman–Crippen MR) is 71.8 cm³/mol. The number of nitrogens with zero attached hydrogens (tertiary/aromatic N) is 1. The summed E-state index contributed by atoms with van der Waals surface area (Å²) < 4.78 is 5.39. The topological polar surface area (TPSA) is 55.6 Å².